The zero-order valence-electron chi connectivity index (χ0n) is 26.8. The molecule has 0 spiro atoms. The highest BCUT2D eigenvalue weighted by molar-refractivity contribution is 7.92. The van der Waals surface area contributed by atoms with E-state index in [2.05, 4.69) is 19.3 Å². The summed E-state index contributed by atoms with van der Waals surface area (Å²) in [6, 6.07) is 9.06. The van der Waals surface area contributed by atoms with Crippen molar-refractivity contribution in [3.8, 4) is 17.1 Å². The van der Waals surface area contributed by atoms with Gasteiger partial charge < -0.3 is 19.1 Å². The lowest BCUT2D eigenvalue weighted by Crippen LogP contribution is -2.37. The second kappa shape index (κ2) is 13.9. The van der Waals surface area contributed by atoms with Crippen molar-refractivity contribution < 1.29 is 36.2 Å². The predicted molar refractivity (Wildman–Crippen MR) is 176 cm³/mol. The lowest BCUT2D eigenvalue weighted by Gasteiger charge is -2.32. The number of rotatable bonds is 9. The van der Waals surface area contributed by atoms with Crippen LogP contribution in [0.2, 0.25) is 0 Å². The molecular weight excluding hydrogens is 646 g/mol. The molecule has 2 aliphatic rings. The van der Waals surface area contributed by atoms with Crippen LogP contribution in [-0.4, -0.2) is 94.1 Å². The number of carbonyl (C=O) groups is 1. The number of esters is 1. The molecule has 0 bridgehead atoms. The Balaban J connectivity index is 1.33. The zero-order valence-corrected chi connectivity index (χ0v) is 27.6. The molecule has 48 heavy (non-hydrogen) atoms. The SMILES string of the molecule is COC(=O)c1ccc(C2CCN(Cc3cc(F)cc4c(-c5cnc(OC)c(NS(C)(=O)=O)c5)nc(N5CCOCC5)nc34)CC2)cc1F. The zero-order chi connectivity index (χ0) is 34.0. The van der Waals surface area contributed by atoms with Gasteiger partial charge in [-0.05, 0) is 73.3 Å². The topological polar surface area (TPSA) is 136 Å². The molecule has 4 aromatic rings. The van der Waals surface area contributed by atoms with Crippen LogP contribution in [0.1, 0.15) is 40.2 Å². The minimum Gasteiger partial charge on any atom is -0.480 e. The van der Waals surface area contributed by atoms with Gasteiger partial charge in [-0.15, -0.1) is 0 Å². The van der Waals surface area contributed by atoms with Crippen molar-refractivity contribution in [3.05, 3.63) is 70.9 Å². The smallest absolute Gasteiger partial charge is 0.340 e. The molecule has 0 amide bonds. The van der Waals surface area contributed by atoms with E-state index in [1.807, 2.05) is 4.90 Å². The number of methoxy groups -OCH3 is 2. The summed E-state index contributed by atoms with van der Waals surface area (Å²) in [5.74, 6) is -1.16. The Labute approximate surface area is 277 Å². The standard InChI is InChI=1S/C33H36F2N6O6S/c1-45-31-28(39-48(3,43)44)16-22(18-36-31)29-26-17-24(34)14-23(30(26)38-33(37-29)41-10-12-47-13-11-41)19-40-8-6-20(7-9-40)21-4-5-25(27(35)15-21)32(42)46-2/h4-5,14-18,20,39H,6-13,19H2,1-3H3. The van der Waals surface area contributed by atoms with E-state index >= 15 is 4.39 Å². The first-order valence-electron chi connectivity index (χ1n) is 15.5. The molecule has 1 N–H and O–H groups in total. The number of anilines is 2. The van der Waals surface area contributed by atoms with Gasteiger partial charge in [-0.3, -0.25) is 9.62 Å². The van der Waals surface area contributed by atoms with Crippen LogP contribution in [-0.2, 0) is 26.0 Å². The van der Waals surface area contributed by atoms with Gasteiger partial charge in [-0.25, -0.2) is 36.9 Å². The van der Waals surface area contributed by atoms with Crippen LogP contribution >= 0.6 is 0 Å². The minimum atomic E-state index is -3.66. The molecule has 2 aromatic carbocycles. The highest BCUT2D eigenvalue weighted by atomic mass is 32.2. The molecule has 2 aliphatic heterocycles. The number of fused-ring (bicyclic) bond motifs is 1. The van der Waals surface area contributed by atoms with Gasteiger partial charge in [-0.1, -0.05) is 6.07 Å². The Hall–Kier alpha value is -4.47. The predicted octanol–water partition coefficient (Wildman–Crippen LogP) is 4.35. The molecule has 6 rings (SSSR count). The molecule has 12 nitrogen and oxygen atoms in total. The average molecular weight is 683 g/mol. The second-order valence-electron chi connectivity index (χ2n) is 11.9. The lowest BCUT2D eigenvalue weighted by atomic mass is 9.88. The summed E-state index contributed by atoms with van der Waals surface area (Å²) in [5, 5.41) is 0.454. The number of likely N-dealkylation sites (tertiary alicyclic amines) is 1. The molecule has 0 saturated carbocycles. The number of nitrogens with zero attached hydrogens (tertiary/aromatic N) is 5. The number of piperidine rings is 1. The third kappa shape index (κ3) is 7.32. The number of pyridine rings is 1. The van der Waals surface area contributed by atoms with Crippen molar-refractivity contribution >= 4 is 38.5 Å². The maximum absolute atomic E-state index is 15.4. The van der Waals surface area contributed by atoms with Gasteiger partial charge in [0.25, 0.3) is 0 Å². The Bertz CT molecular complexity index is 1950. The molecule has 0 radical (unpaired) electrons. The number of aromatic nitrogens is 3. The van der Waals surface area contributed by atoms with E-state index in [1.54, 1.807) is 12.1 Å². The third-order valence-electron chi connectivity index (χ3n) is 8.59. The van der Waals surface area contributed by atoms with Crippen LogP contribution in [0.15, 0.2) is 42.6 Å². The van der Waals surface area contributed by atoms with E-state index in [0.717, 1.165) is 24.7 Å². The average Bonchev–Trinajstić information content (AvgIpc) is 3.07. The van der Waals surface area contributed by atoms with Crippen molar-refractivity contribution in [1.29, 1.82) is 0 Å². The number of carbonyl (C=O) groups excluding carboxylic acids is 1. The van der Waals surface area contributed by atoms with E-state index in [1.165, 1.54) is 44.7 Å². The van der Waals surface area contributed by atoms with Gasteiger partial charge in [0.1, 0.15) is 17.3 Å². The fourth-order valence-corrected chi connectivity index (χ4v) is 6.79. The maximum Gasteiger partial charge on any atom is 0.340 e. The first-order chi connectivity index (χ1) is 23.0. The maximum atomic E-state index is 15.4. The van der Waals surface area contributed by atoms with Crippen LogP contribution in [0.3, 0.4) is 0 Å². The summed E-state index contributed by atoms with van der Waals surface area (Å²) in [6.45, 7) is 3.92. The Morgan fingerprint density at radius 3 is 2.46 bits per heavy atom. The number of halogens is 2. The van der Waals surface area contributed by atoms with Gasteiger partial charge in [0.15, 0.2) is 0 Å². The molecule has 0 unspecified atom stereocenters. The Morgan fingerprint density at radius 1 is 1.04 bits per heavy atom. The molecule has 4 heterocycles. The number of morpholine rings is 1. The van der Waals surface area contributed by atoms with Gasteiger partial charge in [0.2, 0.25) is 21.9 Å². The molecule has 2 aromatic heterocycles. The van der Waals surface area contributed by atoms with E-state index in [-0.39, 0.29) is 23.0 Å². The van der Waals surface area contributed by atoms with Crippen molar-refractivity contribution in [1.82, 2.24) is 19.9 Å². The van der Waals surface area contributed by atoms with E-state index in [0.29, 0.717) is 79.6 Å². The van der Waals surface area contributed by atoms with Crippen LogP contribution in [0.5, 0.6) is 5.88 Å². The number of benzene rings is 2. The highest BCUT2D eigenvalue weighted by Gasteiger charge is 2.25. The second-order valence-corrected chi connectivity index (χ2v) is 13.6. The molecule has 2 saturated heterocycles. The molecule has 0 atom stereocenters. The Kier molecular flexibility index (Phi) is 9.71. The first-order valence-corrected chi connectivity index (χ1v) is 17.4. The fourth-order valence-electron chi connectivity index (χ4n) is 6.24. The van der Waals surface area contributed by atoms with E-state index in [9.17, 15) is 17.6 Å². The summed E-state index contributed by atoms with van der Waals surface area (Å²) >= 11 is 0. The number of ether oxygens (including phenoxy) is 3. The summed E-state index contributed by atoms with van der Waals surface area (Å²) in [7, 11) is -1.06. The van der Waals surface area contributed by atoms with Crippen molar-refractivity contribution in [2.75, 3.05) is 69.5 Å². The number of hydrogen-bond acceptors (Lipinski definition) is 11. The van der Waals surface area contributed by atoms with Crippen molar-refractivity contribution in [3.63, 3.8) is 0 Å². The molecule has 2 fully saturated rings. The summed E-state index contributed by atoms with van der Waals surface area (Å²) in [6.07, 6.45) is 4.03. The van der Waals surface area contributed by atoms with Crippen LogP contribution < -0.4 is 14.4 Å². The summed E-state index contributed by atoms with van der Waals surface area (Å²) in [5.41, 5.74) is 2.93. The highest BCUT2D eigenvalue weighted by Crippen LogP contribution is 2.36. The van der Waals surface area contributed by atoms with Gasteiger partial charge in [0, 0.05) is 36.8 Å². The fraction of sp³-hybridized carbons (Fsp3) is 0.394. The molecular formula is C33H36F2N6O6S. The van der Waals surface area contributed by atoms with E-state index in [4.69, 9.17) is 19.4 Å². The molecule has 0 aliphatic carbocycles. The van der Waals surface area contributed by atoms with Crippen LogP contribution in [0, 0.1) is 11.6 Å². The minimum absolute atomic E-state index is 0.0772. The summed E-state index contributed by atoms with van der Waals surface area (Å²) in [4.78, 5) is 30.1. The quantitative estimate of drug-likeness (QED) is 0.253. The summed E-state index contributed by atoms with van der Waals surface area (Å²) < 4.78 is 72.1. The molecule has 15 heteroatoms. The van der Waals surface area contributed by atoms with Gasteiger partial charge >= 0.3 is 5.97 Å². The van der Waals surface area contributed by atoms with Crippen LogP contribution in [0.4, 0.5) is 20.4 Å². The number of sulfonamides is 1. The number of nitrogens with one attached hydrogen (secondary N) is 1. The van der Waals surface area contributed by atoms with E-state index < -0.39 is 27.6 Å². The third-order valence-corrected chi connectivity index (χ3v) is 9.18. The monoisotopic (exact) mass is 682 g/mol. The largest absolute Gasteiger partial charge is 0.480 e. The number of hydrogen-bond donors (Lipinski definition) is 1. The van der Waals surface area contributed by atoms with Gasteiger partial charge in [-0.2, -0.15) is 0 Å². The van der Waals surface area contributed by atoms with Crippen molar-refractivity contribution in [2.24, 2.45) is 0 Å². The Morgan fingerprint density at radius 2 is 1.79 bits per heavy atom. The lowest BCUT2D eigenvalue weighted by molar-refractivity contribution is 0.0595. The normalized spacial score (nSPS) is 16.2. The van der Waals surface area contributed by atoms with Crippen LogP contribution in [0.25, 0.3) is 22.2 Å². The molecule has 254 valence electrons. The van der Waals surface area contributed by atoms with Gasteiger partial charge in [0.05, 0.1) is 50.5 Å². The first kappa shape index (κ1) is 33.4. The van der Waals surface area contributed by atoms with Crippen molar-refractivity contribution in [2.45, 2.75) is 25.3 Å².